The van der Waals surface area contributed by atoms with Gasteiger partial charge in [0.1, 0.15) is 5.76 Å². The molecule has 0 radical (unpaired) electrons. The zero-order chi connectivity index (χ0) is 13.9. The molecule has 4 heteroatoms. The highest BCUT2D eigenvalue weighted by Gasteiger charge is 2.16. The van der Waals surface area contributed by atoms with Crippen LogP contribution in [0, 0.1) is 0 Å². The number of aromatic amines is 1. The first-order valence-corrected chi connectivity index (χ1v) is 6.66. The lowest BCUT2D eigenvalue weighted by molar-refractivity contribution is 0.0741. The third-order valence-electron chi connectivity index (χ3n) is 3.40. The predicted octanol–water partition coefficient (Wildman–Crippen LogP) is 3.42. The summed E-state index contributed by atoms with van der Waals surface area (Å²) in [5.74, 6) is 0.815. The smallest absolute Gasteiger partial charge is 0.254 e. The first kappa shape index (κ1) is 12.5. The molecule has 1 amide bonds. The van der Waals surface area contributed by atoms with Gasteiger partial charge in [-0.05, 0) is 43.3 Å². The Morgan fingerprint density at radius 1 is 1.30 bits per heavy atom. The second-order valence-electron chi connectivity index (χ2n) is 4.68. The number of hydrogen-bond donors (Lipinski definition) is 1. The number of amides is 1. The van der Waals surface area contributed by atoms with Crippen LogP contribution >= 0.6 is 0 Å². The topological polar surface area (TPSA) is 49.2 Å². The van der Waals surface area contributed by atoms with E-state index in [1.54, 1.807) is 11.2 Å². The molecule has 0 bridgehead atoms. The van der Waals surface area contributed by atoms with Crippen molar-refractivity contribution in [2.24, 2.45) is 0 Å². The molecule has 0 unspecified atom stereocenters. The summed E-state index contributed by atoms with van der Waals surface area (Å²) in [5.41, 5.74) is 1.74. The highest BCUT2D eigenvalue weighted by atomic mass is 16.3. The molecule has 0 saturated carbocycles. The number of H-pyrrole nitrogens is 1. The first-order chi connectivity index (χ1) is 9.78. The van der Waals surface area contributed by atoms with Crippen molar-refractivity contribution in [3.05, 3.63) is 60.2 Å². The number of carbonyl (C=O) groups is 1. The molecule has 2 heterocycles. The monoisotopic (exact) mass is 268 g/mol. The molecule has 0 atom stereocenters. The van der Waals surface area contributed by atoms with Crippen molar-refractivity contribution in [1.29, 1.82) is 0 Å². The summed E-state index contributed by atoms with van der Waals surface area (Å²) in [5, 5.41) is 1.05. The van der Waals surface area contributed by atoms with E-state index < -0.39 is 0 Å². The van der Waals surface area contributed by atoms with Gasteiger partial charge in [-0.2, -0.15) is 0 Å². The highest BCUT2D eigenvalue weighted by Crippen LogP contribution is 2.17. The van der Waals surface area contributed by atoms with Crippen LogP contribution in [0.5, 0.6) is 0 Å². The standard InChI is InChI=1S/C16H16N2O2/c1-2-18(11-14-4-3-9-20-14)16(19)13-5-6-15-12(10-13)7-8-17-15/h3-10,17H,2,11H2,1H3. The zero-order valence-electron chi connectivity index (χ0n) is 11.3. The first-order valence-electron chi connectivity index (χ1n) is 6.66. The molecule has 0 saturated heterocycles. The zero-order valence-corrected chi connectivity index (χ0v) is 11.3. The second kappa shape index (κ2) is 5.25. The average Bonchev–Trinajstić information content (AvgIpc) is 3.14. The molecule has 2 aromatic heterocycles. The molecule has 1 N–H and O–H groups in total. The summed E-state index contributed by atoms with van der Waals surface area (Å²) in [6.45, 7) is 3.11. The summed E-state index contributed by atoms with van der Waals surface area (Å²) < 4.78 is 5.31. The number of hydrogen-bond acceptors (Lipinski definition) is 2. The van der Waals surface area contributed by atoms with E-state index in [-0.39, 0.29) is 5.91 Å². The maximum Gasteiger partial charge on any atom is 0.254 e. The van der Waals surface area contributed by atoms with Crippen LogP contribution in [-0.4, -0.2) is 22.3 Å². The Balaban J connectivity index is 1.85. The van der Waals surface area contributed by atoms with Crippen LogP contribution in [0.2, 0.25) is 0 Å². The molecule has 0 aliphatic carbocycles. The molecule has 102 valence electrons. The van der Waals surface area contributed by atoms with Gasteiger partial charge in [0.15, 0.2) is 0 Å². The quantitative estimate of drug-likeness (QED) is 0.788. The van der Waals surface area contributed by atoms with Crippen LogP contribution in [0.3, 0.4) is 0 Å². The number of nitrogens with zero attached hydrogens (tertiary/aromatic N) is 1. The lowest BCUT2D eigenvalue weighted by Gasteiger charge is -2.19. The molecule has 0 aliphatic heterocycles. The number of fused-ring (bicyclic) bond motifs is 1. The van der Waals surface area contributed by atoms with Gasteiger partial charge in [-0.1, -0.05) is 0 Å². The minimum Gasteiger partial charge on any atom is -0.467 e. The fourth-order valence-electron chi connectivity index (χ4n) is 2.29. The SMILES string of the molecule is CCN(Cc1ccco1)C(=O)c1ccc2[nH]ccc2c1. The number of benzene rings is 1. The summed E-state index contributed by atoms with van der Waals surface area (Å²) >= 11 is 0. The summed E-state index contributed by atoms with van der Waals surface area (Å²) in [7, 11) is 0. The number of furan rings is 1. The van der Waals surface area contributed by atoms with E-state index in [0.717, 1.165) is 16.7 Å². The third-order valence-corrected chi connectivity index (χ3v) is 3.40. The van der Waals surface area contributed by atoms with E-state index in [9.17, 15) is 4.79 Å². The van der Waals surface area contributed by atoms with Gasteiger partial charge in [0, 0.05) is 29.2 Å². The summed E-state index contributed by atoms with van der Waals surface area (Å²) in [6, 6.07) is 11.4. The molecule has 1 aromatic carbocycles. The van der Waals surface area contributed by atoms with Crippen molar-refractivity contribution in [3.63, 3.8) is 0 Å². The van der Waals surface area contributed by atoms with Crippen molar-refractivity contribution >= 4 is 16.8 Å². The maximum atomic E-state index is 12.5. The molecule has 0 fully saturated rings. The molecule has 0 aliphatic rings. The Morgan fingerprint density at radius 2 is 2.20 bits per heavy atom. The lowest BCUT2D eigenvalue weighted by Crippen LogP contribution is -2.30. The van der Waals surface area contributed by atoms with Crippen molar-refractivity contribution < 1.29 is 9.21 Å². The number of nitrogens with one attached hydrogen (secondary N) is 1. The third kappa shape index (κ3) is 2.32. The van der Waals surface area contributed by atoms with Crippen LogP contribution < -0.4 is 0 Å². The second-order valence-corrected chi connectivity index (χ2v) is 4.68. The van der Waals surface area contributed by atoms with E-state index in [1.165, 1.54) is 0 Å². The minimum absolute atomic E-state index is 0.0204. The van der Waals surface area contributed by atoms with Crippen LogP contribution in [-0.2, 0) is 6.54 Å². The van der Waals surface area contributed by atoms with E-state index in [2.05, 4.69) is 4.98 Å². The van der Waals surface area contributed by atoms with Gasteiger partial charge in [-0.3, -0.25) is 4.79 Å². The van der Waals surface area contributed by atoms with Crippen molar-refractivity contribution in [3.8, 4) is 0 Å². The largest absolute Gasteiger partial charge is 0.467 e. The van der Waals surface area contributed by atoms with Crippen LogP contribution in [0.25, 0.3) is 10.9 Å². The predicted molar refractivity (Wildman–Crippen MR) is 77.4 cm³/mol. The van der Waals surface area contributed by atoms with Crippen LogP contribution in [0.1, 0.15) is 23.0 Å². The van der Waals surface area contributed by atoms with Crippen LogP contribution in [0.15, 0.2) is 53.3 Å². The normalized spacial score (nSPS) is 10.8. The Morgan fingerprint density at radius 3 is 2.95 bits per heavy atom. The number of rotatable bonds is 4. The fourth-order valence-corrected chi connectivity index (χ4v) is 2.29. The van der Waals surface area contributed by atoms with Crippen molar-refractivity contribution in [2.75, 3.05) is 6.54 Å². The minimum atomic E-state index is 0.0204. The van der Waals surface area contributed by atoms with Crippen molar-refractivity contribution in [2.45, 2.75) is 13.5 Å². The molecule has 3 aromatic rings. The Hall–Kier alpha value is -2.49. The Labute approximate surface area is 117 Å². The van der Waals surface area contributed by atoms with Crippen molar-refractivity contribution in [1.82, 2.24) is 9.88 Å². The fraction of sp³-hybridized carbons (Fsp3) is 0.188. The average molecular weight is 268 g/mol. The van der Waals surface area contributed by atoms with E-state index in [0.29, 0.717) is 18.7 Å². The van der Waals surface area contributed by atoms with E-state index in [4.69, 9.17) is 4.42 Å². The lowest BCUT2D eigenvalue weighted by atomic mass is 10.1. The number of carbonyl (C=O) groups excluding carboxylic acids is 1. The Bertz CT molecular complexity index is 713. The van der Waals surface area contributed by atoms with E-state index >= 15 is 0 Å². The van der Waals surface area contributed by atoms with Gasteiger partial charge in [0.05, 0.1) is 12.8 Å². The molecular weight excluding hydrogens is 252 g/mol. The molecular formula is C16H16N2O2. The van der Waals surface area contributed by atoms with Gasteiger partial charge in [0.25, 0.3) is 5.91 Å². The summed E-state index contributed by atoms with van der Waals surface area (Å²) in [4.78, 5) is 17.4. The maximum absolute atomic E-state index is 12.5. The van der Waals surface area contributed by atoms with Gasteiger partial charge in [-0.15, -0.1) is 0 Å². The molecule has 0 spiro atoms. The molecule has 20 heavy (non-hydrogen) atoms. The van der Waals surface area contributed by atoms with E-state index in [1.807, 2.05) is 49.5 Å². The number of aromatic nitrogens is 1. The molecule has 4 nitrogen and oxygen atoms in total. The molecule has 3 rings (SSSR count). The highest BCUT2D eigenvalue weighted by molar-refractivity contribution is 5.98. The van der Waals surface area contributed by atoms with Gasteiger partial charge >= 0.3 is 0 Å². The van der Waals surface area contributed by atoms with Crippen LogP contribution in [0.4, 0.5) is 0 Å². The Kier molecular flexibility index (Phi) is 3.29. The summed E-state index contributed by atoms with van der Waals surface area (Å²) in [6.07, 6.45) is 3.50. The van der Waals surface area contributed by atoms with Gasteiger partial charge in [0.2, 0.25) is 0 Å². The van der Waals surface area contributed by atoms with Gasteiger partial charge in [-0.25, -0.2) is 0 Å². The van der Waals surface area contributed by atoms with Gasteiger partial charge < -0.3 is 14.3 Å².